The topological polar surface area (TPSA) is 92.9 Å². The third-order valence-electron chi connectivity index (χ3n) is 5.81. The quantitative estimate of drug-likeness (QED) is 0.272. The van der Waals surface area contributed by atoms with E-state index in [4.69, 9.17) is 5.73 Å². The smallest absolute Gasteiger partial charge is 0.278 e. The molecular weight excluding hydrogens is 374 g/mol. The van der Waals surface area contributed by atoms with Gasteiger partial charge in [-0.3, -0.25) is 10.1 Å². The molecule has 30 heavy (non-hydrogen) atoms. The molecule has 0 spiro atoms. The lowest BCUT2D eigenvalue weighted by atomic mass is 9.78. The predicted octanol–water partition coefficient (Wildman–Crippen LogP) is 5.63. The van der Waals surface area contributed by atoms with Crippen LogP contribution in [0.2, 0.25) is 0 Å². The van der Waals surface area contributed by atoms with E-state index in [9.17, 15) is 15.4 Å². The number of fused-ring (bicyclic) bond motifs is 4. The summed E-state index contributed by atoms with van der Waals surface area (Å²) in [5.41, 5.74) is 12.1. The van der Waals surface area contributed by atoms with Crippen LogP contribution in [0.5, 0.6) is 0 Å². The van der Waals surface area contributed by atoms with Crippen LogP contribution in [0.3, 0.4) is 0 Å². The van der Waals surface area contributed by atoms with E-state index < -0.39 is 4.92 Å². The Bertz CT molecular complexity index is 1400. The Morgan fingerprint density at radius 2 is 1.70 bits per heavy atom. The van der Waals surface area contributed by atoms with Crippen molar-refractivity contribution in [1.82, 2.24) is 0 Å². The van der Waals surface area contributed by atoms with Crippen molar-refractivity contribution in [1.29, 1.82) is 5.26 Å². The highest BCUT2D eigenvalue weighted by Crippen LogP contribution is 2.47. The molecule has 0 radical (unpaired) electrons. The maximum atomic E-state index is 12.1. The van der Waals surface area contributed by atoms with E-state index in [2.05, 4.69) is 12.1 Å². The molecule has 144 valence electrons. The highest BCUT2D eigenvalue weighted by atomic mass is 16.6. The maximum absolute atomic E-state index is 12.1. The Balaban J connectivity index is 1.96. The van der Waals surface area contributed by atoms with Crippen LogP contribution >= 0.6 is 0 Å². The van der Waals surface area contributed by atoms with E-state index >= 15 is 0 Å². The second kappa shape index (κ2) is 6.71. The molecule has 0 heterocycles. The number of nitrogens with two attached hydrogens (primary N) is 1. The molecule has 5 nitrogen and oxygen atoms in total. The number of benzene rings is 4. The third-order valence-corrected chi connectivity index (χ3v) is 5.81. The van der Waals surface area contributed by atoms with E-state index in [0.29, 0.717) is 23.2 Å². The zero-order valence-electron chi connectivity index (χ0n) is 16.1. The normalized spacial score (nSPS) is 12.1. The molecule has 0 amide bonds. The number of rotatable bonds is 2. The van der Waals surface area contributed by atoms with Crippen molar-refractivity contribution >= 4 is 22.1 Å². The van der Waals surface area contributed by atoms with Crippen molar-refractivity contribution in [2.75, 3.05) is 5.73 Å². The number of nitro groups is 1. The van der Waals surface area contributed by atoms with Gasteiger partial charge in [-0.25, -0.2) is 0 Å². The molecule has 0 aromatic heterocycles. The number of nitrogen functional groups attached to an aromatic ring is 1. The molecule has 0 fully saturated rings. The molecule has 2 N–H and O–H groups in total. The first-order valence-electron chi connectivity index (χ1n) is 9.69. The van der Waals surface area contributed by atoms with Gasteiger partial charge in [-0.2, -0.15) is 5.26 Å². The Morgan fingerprint density at radius 1 is 0.933 bits per heavy atom. The van der Waals surface area contributed by atoms with Gasteiger partial charge in [0.25, 0.3) is 5.69 Å². The molecule has 5 rings (SSSR count). The summed E-state index contributed by atoms with van der Waals surface area (Å²) in [7, 11) is 0. The second-order valence-electron chi connectivity index (χ2n) is 7.49. The Hall–Kier alpha value is -4.17. The average Bonchev–Trinajstić information content (AvgIpc) is 2.77. The monoisotopic (exact) mass is 391 g/mol. The molecule has 4 aromatic carbocycles. The number of nitrogens with zero attached hydrogens (tertiary/aromatic N) is 2. The molecule has 1 aliphatic carbocycles. The van der Waals surface area contributed by atoms with Gasteiger partial charge < -0.3 is 5.73 Å². The van der Waals surface area contributed by atoms with Gasteiger partial charge in [-0.05, 0) is 58.0 Å². The number of anilines is 1. The van der Waals surface area contributed by atoms with Gasteiger partial charge in [0.2, 0.25) is 0 Å². The zero-order valence-corrected chi connectivity index (χ0v) is 16.1. The molecule has 0 aliphatic heterocycles. The molecule has 0 bridgehead atoms. The van der Waals surface area contributed by atoms with Gasteiger partial charge in [0, 0.05) is 17.3 Å². The van der Waals surface area contributed by atoms with Crippen LogP contribution in [0.4, 0.5) is 11.4 Å². The fourth-order valence-corrected chi connectivity index (χ4v) is 4.60. The number of nitriles is 1. The van der Waals surface area contributed by atoms with Gasteiger partial charge in [0.1, 0.15) is 6.07 Å². The average molecular weight is 391 g/mol. The van der Waals surface area contributed by atoms with Crippen LogP contribution < -0.4 is 5.73 Å². The van der Waals surface area contributed by atoms with Crippen molar-refractivity contribution in [2.24, 2.45) is 0 Å². The van der Waals surface area contributed by atoms with Crippen molar-refractivity contribution in [2.45, 2.75) is 12.8 Å². The van der Waals surface area contributed by atoms with E-state index in [-0.39, 0.29) is 5.69 Å². The van der Waals surface area contributed by atoms with Crippen LogP contribution in [0, 0.1) is 21.4 Å². The summed E-state index contributed by atoms with van der Waals surface area (Å²) in [6.45, 7) is 0. The SMILES string of the molecule is N#Cc1cc([N+](=O)[O-])c(-c2cc(N)cc3ccccc23)c2c1-c1ccccc1CC2. The fraction of sp³-hybridized carbons (Fsp3) is 0.0800. The summed E-state index contributed by atoms with van der Waals surface area (Å²) in [5.74, 6) is 0. The number of hydrogen-bond acceptors (Lipinski definition) is 4. The summed E-state index contributed by atoms with van der Waals surface area (Å²) in [5, 5.41) is 23.7. The molecule has 5 heteroatoms. The minimum Gasteiger partial charge on any atom is -0.399 e. The number of aryl methyl sites for hydroxylation is 1. The lowest BCUT2D eigenvalue weighted by molar-refractivity contribution is -0.384. The molecule has 0 atom stereocenters. The van der Waals surface area contributed by atoms with Crippen molar-refractivity contribution in [3.63, 3.8) is 0 Å². The Morgan fingerprint density at radius 3 is 2.50 bits per heavy atom. The largest absolute Gasteiger partial charge is 0.399 e. The van der Waals surface area contributed by atoms with Crippen LogP contribution in [0.1, 0.15) is 16.7 Å². The van der Waals surface area contributed by atoms with E-state index in [0.717, 1.165) is 45.0 Å². The Labute approximate surface area is 173 Å². The number of hydrogen-bond donors (Lipinski definition) is 1. The maximum Gasteiger partial charge on any atom is 0.278 e. The lowest BCUT2D eigenvalue weighted by Gasteiger charge is -2.24. The van der Waals surface area contributed by atoms with Gasteiger partial charge in [-0.15, -0.1) is 0 Å². The van der Waals surface area contributed by atoms with Crippen LogP contribution in [-0.4, -0.2) is 4.92 Å². The molecule has 1 aliphatic rings. The summed E-state index contributed by atoms with van der Waals surface area (Å²) in [4.78, 5) is 11.7. The van der Waals surface area contributed by atoms with Gasteiger partial charge in [-0.1, -0.05) is 48.5 Å². The first-order chi connectivity index (χ1) is 14.6. The second-order valence-corrected chi connectivity index (χ2v) is 7.49. The van der Waals surface area contributed by atoms with Crippen LogP contribution in [0.25, 0.3) is 33.0 Å². The highest BCUT2D eigenvalue weighted by Gasteiger charge is 2.30. The van der Waals surface area contributed by atoms with Crippen molar-refractivity contribution in [3.8, 4) is 28.3 Å². The highest BCUT2D eigenvalue weighted by molar-refractivity contribution is 6.03. The van der Waals surface area contributed by atoms with E-state index in [1.54, 1.807) is 6.07 Å². The standard InChI is InChI=1S/C25H17N3O2/c26-14-17-12-23(28(29)30)25(21-10-9-15-5-1-4-8-20(15)24(17)21)22-13-18(27)11-16-6-2-3-7-19(16)22/h1-8,11-13H,9-10,27H2. The molecular formula is C25H17N3O2. The van der Waals surface area contributed by atoms with Crippen LogP contribution in [0.15, 0.2) is 66.7 Å². The fourth-order valence-electron chi connectivity index (χ4n) is 4.60. The summed E-state index contributed by atoms with van der Waals surface area (Å²) in [6, 6.07) is 23.0. The van der Waals surface area contributed by atoms with Crippen molar-refractivity contribution < 1.29 is 4.92 Å². The molecule has 0 saturated heterocycles. The first kappa shape index (κ1) is 17.9. The van der Waals surface area contributed by atoms with Gasteiger partial charge in [0.15, 0.2) is 0 Å². The lowest BCUT2D eigenvalue weighted by Crippen LogP contribution is -2.10. The van der Waals surface area contributed by atoms with Gasteiger partial charge >= 0.3 is 0 Å². The molecule has 4 aromatic rings. The summed E-state index contributed by atoms with van der Waals surface area (Å²) < 4.78 is 0. The predicted molar refractivity (Wildman–Crippen MR) is 118 cm³/mol. The molecule has 0 saturated carbocycles. The summed E-state index contributed by atoms with van der Waals surface area (Å²) >= 11 is 0. The number of nitro benzene ring substituents is 1. The summed E-state index contributed by atoms with van der Waals surface area (Å²) in [6.07, 6.45) is 1.39. The molecule has 0 unspecified atom stereocenters. The van der Waals surface area contributed by atoms with E-state index in [1.165, 1.54) is 6.07 Å². The van der Waals surface area contributed by atoms with Crippen molar-refractivity contribution in [3.05, 3.63) is 93.5 Å². The van der Waals surface area contributed by atoms with E-state index in [1.807, 2.05) is 48.5 Å². The van der Waals surface area contributed by atoms with Gasteiger partial charge in [0.05, 0.1) is 16.1 Å². The third kappa shape index (κ3) is 2.62. The zero-order chi connectivity index (χ0) is 20.8. The Kier molecular flexibility index (Phi) is 4.00. The minimum atomic E-state index is -0.394. The first-order valence-corrected chi connectivity index (χ1v) is 9.69. The van der Waals surface area contributed by atoms with Crippen LogP contribution in [-0.2, 0) is 12.8 Å². The minimum absolute atomic E-state index is 0.0552.